The average Bonchev–Trinajstić information content (AvgIpc) is 2.88. The summed E-state index contributed by atoms with van der Waals surface area (Å²) >= 11 is 3.49. The summed E-state index contributed by atoms with van der Waals surface area (Å²) in [5.74, 6) is 0. The Bertz CT molecular complexity index is 677. The third-order valence-electron chi connectivity index (χ3n) is 3.10. The Balaban J connectivity index is 1.76. The smallest absolute Gasteiger partial charge is 0.156 e. The van der Waals surface area contributed by atoms with E-state index in [-0.39, 0.29) is 0 Å². The normalized spacial score (nSPS) is 10.7. The van der Waals surface area contributed by atoms with Crippen molar-refractivity contribution in [3.8, 4) is 11.3 Å². The van der Waals surface area contributed by atoms with Crippen LogP contribution in [-0.4, -0.2) is 15.0 Å². The van der Waals surface area contributed by atoms with E-state index in [4.69, 9.17) is 0 Å². The minimum Gasteiger partial charge on any atom is -0.183 e. The molecule has 0 aliphatic carbocycles. The highest BCUT2D eigenvalue weighted by atomic mass is 79.9. The van der Waals surface area contributed by atoms with E-state index in [1.54, 1.807) is 4.80 Å². The van der Waals surface area contributed by atoms with Crippen LogP contribution in [0.25, 0.3) is 11.3 Å². The molecule has 3 aromatic rings. The first-order valence-electron chi connectivity index (χ1n) is 6.53. The lowest BCUT2D eigenvalue weighted by molar-refractivity contribution is 0.536. The highest BCUT2D eigenvalue weighted by Gasteiger charge is 2.10. The van der Waals surface area contributed by atoms with Gasteiger partial charge in [-0.2, -0.15) is 9.90 Å². The molecule has 3 nitrogen and oxygen atoms in total. The van der Waals surface area contributed by atoms with Crippen LogP contribution >= 0.6 is 15.9 Å². The molecule has 0 spiro atoms. The molecule has 0 aliphatic heterocycles. The molecule has 0 bridgehead atoms. The largest absolute Gasteiger partial charge is 0.183 e. The van der Waals surface area contributed by atoms with Crippen LogP contribution in [0.15, 0.2) is 65.3 Å². The van der Waals surface area contributed by atoms with Gasteiger partial charge in [-0.3, -0.25) is 0 Å². The van der Waals surface area contributed by atoms with Crippen LogP contribution in [0.4, 0.5) is 0 Å². The quantitative estimate of drug-likeness (QED) is 0.726. The lowest BCUT2D eigenvalue weighted by atomic mass is 10.2. The summed E-state index contributed by atoms with van der Waals surface area (Å²) in [6.07, 6.45) is 0.927. The van der Waals surface area contributed by atoms with E-state index in [0.717, 1.165) is 28.8 Å². The van der Waals surface area contributed by atoms with E-state index < -0.39 is 0 Å². The Hall–Kier alpha value is -1.94. The molecule has 0 saturated carbocycles. The maximum absolute atomic E-state index is 4.55. The molecule has 0 unspecified atom stereocenters. The second-order valence-electron chi connectivity index (χ2n) is 4.54. The lowest BCUT2D eigenvalue weighted by Gasteiger charge is -2.00. The Morgan fingerprint density at radius 1 is 0.850 bits per heavy atom. The van der Waals surface area contributed by atoms with E-state index >= 15 is 0 Å². The predicted octanol–water partition coefficient (Wildman–Crippen LogP) is 3.95. The first kappa shape index (κ1) is 13.1. The summed E-state index contributed by atoms with van der Waals surface area (Å²) in [6.45, 7) is 0.773. The Morgan fingerprint density at radius 2 is 1.50 bits per heavy atom. The van der Waals surface area contributed by atoms with Crippen LogP contribution in [0.2, 0.25) is 0 Å². The van der Waals surface area contributed by atoms with Crippen molar-refractivity contribution in [3.05, 3.63) is 70.8 Å². The molecule has 0 fully saturated rings. The third-order valence-corrected chi connectivity index (χ3v) is 3.64. The van der Waals surface area contributed by atoms with E-state index in [1.165, 1.54) is 5.56 Å². The highest BCUT2D eigenvalue weighted by molar-refractivity contribution is 9.10. The van der Waals surface area contributed by atoms with Gasteiger partial charge < -0.3 is 0 Å². The van der Waals surface area contributed by atoms with Gasteiger partial charge in [0.05, 0.1) is 6.54 Å². The zero-order chi connectivity index (χ0) is 13.8. The van der Waals surface area contributed by atoms with Gasteiger partial charge in [-0.1, -0.05) is 60.7 Å². The van der Waals surface area contributed by atoms with E-state index in [0.29, 0.717) is 0 Å². The number of aromatic nitrogens is 3. The third kappa shape index (κ3) is 2.96. The standard InChI is InChI=1S/C16H14BrN3/c17-16-15(14-9-5-2-6-10-14)18-20(19-16)12-11-13-7-3-1-4-8-13/h1-10H,11-12H2. The molecule has 2 aromatic carbocycles. The Morgan fingerprint density at radius 3 is 2.20 bits per heavy atom. The highest BCUT2D eigenvalue weighted by Crippen LogP contribution is 2.23. The Kier molecular flexibility index (Phi) is 3.92. The number of hydrogen-bond donors (Lipinski definition) is 0. The first-order chi connectivity index (χ1) is 9.83. The number of nitrogens with zero attached hydrogens (tertiary/aromatic N) is 3. The maximum atomic E-state index is 4.55. The molecular formula is C16H14BrN3. The number of halogens is 1. The topological polar surface area (TPSA) is 30.7 Å². The number of aryl methyl sites for hydroxylation is 2. The van der Waals surface area contributed by atoms with E-state index in [1.807, 2.05) is 36.4 Å². The molecule has 0 N–H and O–H groups in total. The molecule has 1 aromatic heterocycles. The van der Waals surface area contributed by atoms with E-state index in [9.17, 15) is 0 Å². The van der Waals surface area contributed by atoms with Crippen molar-refractivity contribution < 1.29 is 0 Å². The number of benzene rings is 2. The first-order valence-corrected chi connectivity index (χ1v) is 7.32. The number of rotatable bonds is 4. The monoisotopic (exact) mass is 327 g/mol. The fraction of sp³-hybridized carbons (Fsp3) is 0.125. The van der Waals surface area contributed by atoms with Gasteiger partial charge >= 0.3 is 0 Å². The predicted molar refractivity (Wildman–Crippen MR) is 83.3 cm³/mol. The molecule has 0 atom stereocenters. The van der Waals surface area contributed by atoms with Gasteiger partial charge in [-0.05, 0) is 27.9 Å². The van der Waals surface area contributed by atoms with Crippen molar-refractivity contribution in [2.24, 2.45) is 0 Å². The minimum absolute atomic E-state index is 0.773. The molecule has 0 radical (unpaired) electrons. The van der Waals surface area contributed by atoms with Crippen molar-refractivity contribution in [3.63, 3.8) is 0 Å². The average molecular weight is 328 g/mol. The van der Waals surface area contributed by atoms with Crippen LogP contribution in [0, 0.1) is 0 Å². The van der Waals surface area contributed by atoms with Crippen molar-refractivity contribution >= 4 is 15.9 Å². The number of hydrogen-bond acceptors (Lipinski definition) is 2. The molecule has 4 heteroatoms. The van der Waals surface area contributed by atoms with Crippen LogP contribution < -0.4 is 0 Å². The summed E-state index contributed by atoms with van der Waals surface area (Å²) in [7, 11) is 0. The van der Waals surface area contributed by atoms with Gasteiger partial charge in [0.25, 0.3) is 0 Å². The van der Waals surface area contributed by atoms with Crippen LogP contribution in [0.5, 0.6) is 0 Å². The van der Waals surface area contributed by atoms with Crippen LogP contribution in [-0.2, 0) is 13.0 Å². The summed E-state index contributed by atoms with van der Waals surface area (Å²) in [6, 6.07) is 20.5. The fourth-order valence-corrected chi connectivity index (χ4v) is 2.57. The molecular weight excluding hydrogens is 314 g/mol. The van der Waals surface area contributed by atoms with Gasteiger partial charge in [-0.15, -0.1) is 5.10 Å². The molecule has 1 heterocycles. The fourth-order valence-electron chi connectivity index (χ4n) is 2.07. The van der Waals surface area contributed by atoms with Crippen molar-refractivity contribution in [2.45, 2.75) is 13.0 Å². The molecule has 3 rings (SSSR count). The molecule has 0 amide bonds. The van der Waals surface area contributed by atoms with Crippen molar-refractivity contribution in [2.75, 3.05) is 0 Å². The van der Waals surface area contributed by atoms with Gasteiger partial charge in [0.1, 0.15) is 5.69 Å². The van der Waals surface area contributed by atoms with Crippen LogP contribution in [0.1, 0.15) is 5.56 Å². The zero-order valence-electron chi connectivity index (χ0n) is 10.9. The van der Waals surface area contributed by atoms with Gasteiger partial charge in [0.15, 0.2) is 4.60 Å². The van der Waals surface area contributed by atoms with Gasteiger partial charge in [0, 0.05) is 5.56 Å². The van der Waals surface area contributed by atoms with E-state index in [2.05, 4.69) is 50.4 Å². The van der Waals surface area contributed by atoms with Gasteiger partial charge in [0.2, 0.25) is 0 Å². The SMILES string of the molecule is Brc1nn(CCc2ccccc2)nc1-c1ccccc1. The summed E-state index contributed by atoms with van der Waals surface area (Å²) in [5.41, 5.74) is 3.26. The second kappa shape index (κ2) is 6.01. The van der Waals surface area contributed by atoms with Crippen molar-refractivity contribution in [1.82, 2.24) is 15.0 Å². The molecule has 100 valence electrons. The maximum Gasteiger partial charge on any atom is 0.156 e. The Labute approximate surface area is 126 Å². The summed E-state index contributed by atoms with van der Waals surface area (Å²) in [4.78, 5) is 1.75. The molecule has 0 aliphatic rings. The van der Waals surface area contributed by atoms with Gasteiger partial charge in [-0.25, -0.2) is 0 Å². The molecule has 0 saturated heterocycles. The lowest BCUT2D eigenvalue weighted by Crippen LogP contribution is -2.05. The zero-order valence-corrected chi connectivity index (χ0v) is 12.5. The van der Waals surface area contributed by atoms with Crippen molar-refractivity contribution in [1.29, 1.82) is 0 Å². The molecule has 20 heavy (non-hydrogen) atoms. The second-order valence-corrected chi connectivity index (χ2v) is 5.29. The summed E-state index contributed by atoms with van der Waals surface area (Å²) < 4.78 is 0.789. The minimum atomic E-state index is 0.773. The summed E-state index contributed by atoms with van der Waals surface area (Å²) in [5, 5.41) is 8.98. The van der Waals surface area contributed by atoms with Crippen LogP contribution in [0.3, 0.4) is 0 Å².